The Bertz CT molecular complexity index is 772. The van der Waals surface area contributed by atoms with Crippen LogP contribution in [0.4, 0.5) is 13.2 Å². The molecule has 0 saturated heterocycles. The fraction of sp³-hybridized carbons (Fsp3) is 0.381. The Morgan fingerprint density at radius 2 is 1.52 bits per heavy atom. The standard InChI is InChI=1S/C21H23F3N2O/c1-25-13-7-6-12-20(19(27)26-14-21(22,23)24)17-10-4-2-8-15(17)16-9-3-5-11-18(16)20/h2-5,8-11,25H,6-7,12-14H2,1H3,(H,26,27). The molecule has 27 heavy (non-hydrogen) atoms. The minimum Gasteiger partial charge on any atom is -0.346 e. The van der Waals surface area contributed by atoms with Gasteiger partial charge in [-0.1, -0.05) is 55.0 Å². The lowest BCUT2D eigenvalue weighted by molar-refractivity contribution is -0.141. The minimum atomic E-state index is -4.44. The van der Waals surface area contributed by atoms with Crippen molar-refractivity contribution in [3.05, 3.63) is 59.7 Å². The lowest BCUT2D eigenvalue weighted by Crippen LogP contribution is -2.47. The molecule has 6 heteroatoms. The van der Waals surface area contributed by atoms with Gasteiger partial charge in [-0.2, -0.15) is 13.2 Å². The van der Waals surface area contributed by atoms with E-state index in [2.05, 4.69) is 10.6 Å². The van der Waals surface area contributed by atoms with E-state index in [-0.39, 0.29) is 0 Å². The molecule has 0 saturated carbocycles. The maximum Gasteiger partial charge on any atom is 0.405 e. The van der Waals surface area contributed by atoms with Crippen LogP contribution in [0, 0.1) is 0 Å². The molecule has 3 rings (SSSR count). The molecule has 1 aliphatic rings. The molecule has 0 heterocycles. The Balaban J connectivity index is 2.05. The average Bonchev–Trinajstić information content (AvgIpc) is 2.94. The van der Waals surface area contributed by atoms with E-state index in [0.717, 1.165) is 41.6 Å². The highest BCUT2D eigenvalue weighted by molar-refractivity contribution is 6.00. The predicted octanol–water partition coefficient (Wildman–Crippen LogP) is 4.02. The molecule has 0 aromatic heterocycles. The Morgan fingerprint density at radius 3 is 2.04 bits per heavy atom. The van der Waals surface area contributed by atoms with Gasteiger partial charge in [0.25, 0.3) is 0 Å². The first-order valence-corrected chi connectivity index (χ1v) is 9.09. The summed E-state index contributed by atoms with van der Waals surface area (Å²) in [6.45, 7) is -0.530. The molecular formula is C21H23F3N2O. The number of unbranched alkanes of at least 4 members (excludes halogenated alkanes) is 1. The van der Waals surface area contributed by atoms with Gasteiger partial charge in [-0.25, -0.2) is 0 Å². The first-order valence-electron chi connectivity index (χ1n) is 9.09. The molecule has 1 aliphatic carbocycles. The van der Waals surface area contributed by atoms with Crippen LogP contribution in [0.25, 0.3) is 11.1 Å². The molecule has 0 fully saturated rings. The van der Waals surface area contributed by atoms with Gasteiger partial charge in [0, 0.05) is 0 Å². The monoisotopic (exact) mass is 376 g/mol. The highest BCUT2D eigenvalue weighted by atomic mass is 19.4. The molecule has 0 aliphatic heterocycles. The number of halogens is 3. The number of rotatable bonds is 7. The zero-order valence-electron chi connectivity index (χ0n) is 15.2. The summed E-state index contributed by atoms with van der Waals surface area (Å²) >= 11 is 0. The predicted molar refractivity (Wildman–Crippen MR) is 99.5 cm³/mol. The second kappa shape index (κ2) is 7.72. The first-order chi connectivity index (χ1) is 12.9. The van der Waals surface area contributed by atoms with Crippen molar-refractivity contribution in [2.24, 2.45) is 0 Å². The van der Waals surface area contributed by atoms with Crippen LogP contribution in [0.3, 0.4) is 0 Å². The van der Waals surface area contributed by atoms with E-state index in [1.165, 1.54) is 0 Å². The molecule has 2 aromatic rings. The number of benzene rings is 2. The van der Waals surface area contributed by atoms with Crippen LogP contribution in [0.1, 0.15) is 30.4 Å². The maximum absolute atomic E-state index is 13.2. The van der Waals surface area contributed by atoms with Crippen molar-refractivity contribution in [1.29, 1.82) is 0 Å². The summed E-state index contributed by atoms with van der Waals surface area (Å²) in [5.74, 6) is -0.582. The van der Waals surface area contributed by atoms with Crippen LogP contribution in [0.5, 0.6) is 0 Å². The summed E-state index contributed by atoms with van der Waals surface area (Å²) in [6, 6.07) is 15.0. The number of hydrogen-bond acceptors (Lipinski definition) is 2. The molecule has 144 valence electrons. The summed E-state index contributed by atoms with van der Waals surface area (Å²) in [7, 11) is 1.85. The van der Waals surface area contributed by atoms with Gasteiger partial charge < -0.3 is 10.6 Å². The van der Waals surface area contributed by atoms with Gasteiger partial charge in [0.15, 0.2) is 0 Å². The van der Waals surface area contributed by atoms with Crippen molar-refractivity contribution < 1.29 is 18.0 Å². The van der Waals surface area contributed by atoms with Gasteiger partial charge in [-0.3, -0.25) is 4.79 Å². The SMILES string of the molecule is CNCCCCC1(C(=O)NCC(F)(F)F)c2ccccc2-c2ccccc21. The molecule has 2 aromatic carbocycles. The van der Waals surface area contributed by atoms with Crippen molar-refractivity contribution in [3.8, 4) is 11.1 Å². The van der Waals surface area contributed by atoms with Gasteiger partial charge in [0.05, 0.1) is 0 Å². The van der Waals surface area contributed by atoms with Gasteiger partial charge in [0.1, 0.15) is 12.0 Å². The lowest BCUT2D eigenvalue weighted by Gasteiger charge is -2.31. The number of carbonyl (C=O) groups is 1. The minimum absolute atomic E-state index is 0.465. The largest absolute Gasteiger partial charge is 0.405 e. The Hall–Kier alpha value is -2.34. The maximum atomic E-state index is 13.2. The summed E-state index contributed by atoms with van der Waals surface area (Å²) in [5.41, 5.74) is 2.32. The smallest absolute Gasteiger partial charge is 0.346 e. The molecule has 0 radical (unpaired) electrons. The van der Waals surface area contributed by atoms with Crippen LogP contribution in [-0.2, 0) is 10.2 Å². The third kappa shape index (κ3) is 3.72. The van der Waals surface area contributed by atoms with Crippen molar-refractivity contribution in [3.63, 3.8) is 0 Å². The molecule has 2 N–H and O–H groups in total. The van der Waals surface area contributed by atoms with Crippen molar-refractivity contribution in [2.45, 2.75) is 30.9 Å². The fourth-order valence-electron chi connectivity index (χ4n) is 3.98. The van der Waals surface area contributed by atoms with E-state index in [9.17, 15) is 18.0 Å². The van der Waals surface area contributed by atoms with Crippen molar-refractivity contribution in [1.82, 2.24) is 10.6 Å². The molecule has 0 unspecified atom stereocenters. The van der Waals surface area contributed by atoms with Gasteiger partial charge in [0.2, 0.25) is 5.91 Å². The summed E-state index contributed by atoms with van der Waals surface area (Å²) in [4.78, 5) is 13.2. The lowest BCUT2D eigenvalue weighted by atomic mass is 9.73. The number of hydrogen-bond donors (Lipinski definition) is 2. The molecular weight excluding hydrogens is 353 g/mol. The van der Waals surface area contributed by atoms with E-state index >= 15 is 0 Å². The second-order valence-corrected chi connectivity index (χ2v) is 6.86. The third-order valence-corrected chi connectivity index (χ3v) is 5.13. The average molecular weight is 376 g/mol. The normalized spacial score (nSPS) is 14.5. The number of fused-ring (bicyclic) bond motifs is 3. The van der Waals surface area contributed by atoms with E-state index in [1.54, 1.807) is 0 Å². The molecule has 0 spiro atoms. The van der Waals surface area contributed by atoms with Crippen LogP contribution in [0.2, 0.25) is 0 Å². The Morgan fingerprint density at radius 1 is 0.963 bits per heavy atom. The summed E-state index contributed by atoms with van der Waals surface area (Å²) in [5, 5.41) is 5.22. The molecule has 0 atom stereocenters. The van der Waals surface area contributed by atoms with Crippen molar-refractivity contribution in [2.75, 3.05) is 20.1 Å². The number of amides is 1. The van der Waals surface area contributed by atoms with Crippen LogP contribution in [0.15, 0.2) is 48.5 Å². The van der Waals surface area contributed by atoms with Gasteiger partial charge in [-0.15, -0.1) is 0 Å². The van der Waals surface area contributed by atoms with Crippen molar-refractivity contribution >= 4 is 5.91 Å². The van der Waals surface area contributed by atoms with E-state index in [4.69, 9.17) is 0 Å². The van der Waals surface area contributed by atoms with Crippen LogP contribution < -0.4 is 10.6 Å². The van der Waals surface area contributed by atoms with E-state index < -0.39 is 24.0 Å². The molecule has 0 bridgehead atoms. The number of alkyl halides is 3. The number of carbonyl (C=O) groups excluding carboxylic acids is 1. The van der Waals surface area contributed by atoms with E-state index in [0.29, 0.717) is 6.42 Å². The Kier molecular flexibility index (Phi) is 5.56. The van der Waals surface area contributed by atoms with Gasteiger partial charge >= 0.3 is 6.18 Å². The van der Waals surface area contributed by atoms with Crippen LogP contribution in [-0.4, -0.2) is 32.2 Å². The number of nitrogens with one attached hydrogen (secondary N) is 2. The quantitative estimate of drug-likeness (QED) is 0.717. The van der Waals surface area contributed by atoms with Gasteiger partial charge in [-0.05, 0) is 48.7 Å². The Labute approximate surface area is 157 Å². The summed E-state index contributed by atoms with van der Waals surface area (Å²) < 4.78 is 38.2. The topological polar surface area (TPSA) is 41.1 Å². The highest BCUT2D eigenvalue weighted by Crippen LogP contribution is 2.51. The molecule has 1 amide bonds. The zero-order valence-corrected chi connectivity index (χ0v) is 15.2. The summed E-state index contributed by atoms with van der Waals surface area (Å²) in [6.07, 6.45) is -2.41. The third-order valence-electron chi connectivity index (χ3n) is 5.13. The van der Waals surface area contributed by atoms with E-state index in [1.807, 2.05) is 55.6 Å². The highest BCUT2D eigenvalue weighted by Gasteiger charge is 2.49. The zero-order chi connectivity index (χ0) is 19.5. The van der Waals surface area contributed by atoms with Crippen LogP contribution >= 0.6 is 0 Å². The second-order valence-electron chi connectivity index (χ2n) is 6.86. The fourth-order valence-corrected chi connectivity index (χ4v) is 3.98. The molecule has 3 nitrogen and oxygen atoms in total. The first kappa shape index (κ1) is 19.4.